The molecule has 7 nitrogen and oxygen atoms in total. The molecule has 0 aliphatic carbocycles. The molecule has 0 radical (unpaired) electrons. The average Bonchev–Trinajstić information content (AvgIpc) is 3.44. The van der Waals surface area contributed by atoms with Crippen LogP contribution in [0.4, 0.5) is 0 Å². The van der Waals surface area contributed by atoms with Crippen LogP contribution in [0.1, 0.15) is 48.1 Å². The van der Waals surface area contributed by atoms with Gasteiger partial charge in [0.2, 0.25) is 0 Å². The number of nitrogen functional groups attached to an aromatic ring is 1. The molecule has 1 unspecified atom stereocenters. The highest BCUT2D eigenvalue weighted by atomic mass is 32.1. The fourth-order valence-corrected chi connectivity index (χ4v) is 5.44. The summed E-state index contributed by atoms with van der Waals surface area (Å²) in [7, 11) is 0. The third-order valence-corrected chi connectivity index (χ3v) is 7.32. The number of rotatable bonds is 9. The SMILES string of the molecule is CCCC(=N)N1CC[C@H](Oc2ccc(C(Cc3cc4cc(C(=N)N)ccc4s3)C(=O)O)cc2)C1. The van der Waals surface area contributed by atoms with E-state index in [0.29, 0.717) is 17.8 Å². The second-order valence-corrected chi connectivity index (χ2v) is 9.88. The van der Waals surface area contributed by atoms with E-state index in [1.165, 1.54) is 0 Å². The first-order chi connectivity index (χ1) is 16.3. The van der Waals surface area contributed by atoms with E-state index >= 15 is 0 Å². The van der Waals surface area contributed by atoms with Crippen LogP contribution >= 0.6 is 11.3 Å². The highest BCUT2D eigenvalue weighted by molar-refractivity contribution is 7.19. The number of hydrogen-bond donors (Lipinski definition) is 4. The lowest BCUT2D eigenvalue weighted by molar-refractivity contribution is -0.138. The number of hydrogen-bond acceptors (Lipinski definition) is 5. The summed E-state index contributed by atoms with van der Waals surface area (Å²) in [6, 6.07) is 15.0. The van der Waals surface area contributed by atoms with E-state index in [-0.39, 0.29) is 11.9 Å². The summed E-state index contributed by atoms with van der Waals surface area (Å²) in [4.78, 5) is 15.1. The Morgan fingerprint density at radius 2 is 2.00 bits per heavy atom. The van der Waals surface area contributed by atoms with Crippen LogP contribution in [0.5, 0.6) is 5.75 Å². The Bertz CT molecular complexity index is 1200. The van der Waals surface area contributed by atoms with Gasteiger partial charge in [-0.1, -0.05) is 19.1 Å². The molecule has 1 aromatic heterocycles. The Morgan fingerprint density at radius 3 is 2.68 bits per heavy atom. The minimum atomic E-state index is -0.864. The minimum absolute atomic E-state index is 0.0184. The summed E-state index contributed by atoms with van der Waals surface area (Å²) >= 11 is 1.57. The van der Waals surface area contributed by atoms with Crippen molar-refractivity contribution in [2.75, 3.05) is 13.1 Å². The minimum Gasteiger partial charge on any atom is -0.489 e. The molecular formula is C26H30N4O3S. The molecule has 2 heterocycles. The van der Waals surface area contributed by atoms with Gasteiger partial charge in [0.05, 0.1) is 18.3 Å². The van der Waals surface area contributed by atoms with Gasteiger partial charge >= 0.3 is 5.97 Å². The van der Waals surface area contributed by atoms with Crippen LogP contribution in [0.2, 0.25) is 0 Å². The molecule has 0 spiro atoms. The summed E-state index contributed by atoms with van der Waals surface area (Å²) in [5.41, 5.74) is 6.99. The number of nitrogens with one attached hydrogen (secondary N) is 2. The topological polar surface area (TPSA) is 123 Å². The van der Waals surface area contributed by atoms with Crippen molar-refractivity contribution in [3.8, 4) is 5.75 Å². The van der Waals surface area contributed by atoms with Crippen molar-refractivity contribution in [3.05, 3.63) is 64.5 Å². The molecule has 5 N–H and O–H groups in total. The summed E-state index contributed by atoms with van der Waals surface area (Å²) in [6.07, 6.45) is 3.06. The van der Waals surface area contributed by atoms with E-state index in [2.05, 4.69) is 11.8 Å². The quantitative estimate of drug-likeness (QED) is 0.259. The number of nitrogens with zero attached hydrogens (tertiary/aromatic N) is 1. The maximum Gasteiger partial charge on any atom is 0.311 e. The highest BCUT2D eigenvalue weighted by Crippen LogP contribution is 2.32. The number of likely N-dealkylation sites (tertiary alicyclic amines) is 1. The molecule has 2 atom stereocenters. The monoisotopic (exact) mass is 478 g/mol. The van der Waals surface area contributed by atoms with Crippen molar-refractivity contribution >= 4 is 39.1 Å². The van der Waals surface area contributed by atoms with Crippen molar-refractivity contribution in [2.24, 2.45) is 5.73 Å². The first-order valence-corrected chi connectivity index (χ1v) is 12.3. The van der Waals surface area contributed by atoms with Crippen molar-refractivity contribution in [1.29, 1.82) is 10.8 Å². The molecule has 0 bridgehead atoms. The largest absolute Gasteiger partial charge is 0.489 e. The van der Waals surface area contributed by atoms with Crippen LogP contribution in [-0.2, 0) is 11.2 Å². The Kier molecular flexibility index (Phi) is 7.17. The van der Waals surface area contributed by atoms with E-state index < -0.39 is 11.9 Å². The van der Waals surface area contributed by atoms with E-state index in [4.69, 9.17) is 21.3 Å². The van der Waals surface area contributed by atoms with Crippen molar-refractivity contribution in [3.63, 3.8) is 0 Å². The fraction of sp³-hybridized carbons (Fsp3) is 0.346. The van der Waals surface area contributed by atoms with Crippen LogP contribution in [-0.4, -0.2) is 46.8 Å². The number of amidine groups is 2. The molecule has 3 aromatic rings. The number of carboxylic acids is 1. The second-order valence-electron chi connectivity index (χ2n) is 8.71. The number of aliphatic carboxylic acids is 1. The van der Waals surface area contributed by atoms with Gasteiger partial charge in [-0.25, -0.2) is 0 Å². The predicted octanol–water partition coefficient (Wildman–Crippen LogP) is 4.83. The van der Waals surface area contributed by atoms with E-state index in [0.717, 1.165) is 58.6 Å². The van der Waals surface area contributed by atoms with Crippen LogP contribution in [0.15, 0.2) is 48.5 Å². The normalized spacial score (nSPS) is 16.5. The summed E-state index contributed by atoms with van der Waals surface area (Å²) in [6.45, 7) is 3.64. The standard InChI is InChI=1S/C26H30N4O3S/c1-2-3-24(27)30-11-10-20(15-30)33-19-7-4-16(5-8-19)22(26(31)32)14-21-13-18-12-17(25(28)29)6-9-23(18)34-21/h4-9,12-13,20,22,27H,2-3,10-11,14-15H2,1H3,(H3,28,29)(H,31,32)/t20-,22?/m0/s1. The first kappa shape index (κ1) is 23.8. The van der Waals surface area contributed by atoms with Gasteiger partial charge in [-0.3, -0.25) is 15.6 Å². The van der Waals surface area contributed by atoms with Crippen LogP contribution in [0, 0.1) is 10.8 Å². The van der Waals surface area contributed by atoms with Gasteiger partial charge in [0.25, 0.3) is 0 Å². The van der Waals surface area contributed by atoms with E-state index in [1.54, 1.807) is 11.3 Å². The zero-order chi connectivity index (χ0) is 24.2. The maximum absolute atomic E-state index is 12.1. The zero-order valence-electron chi connectivity index (χ0n) is 19.2. The molecule has 1 saturated heterocycles. The number of benzene rings is 2. The number of carbonyl (C=O) groups is 1. The molecule has 1 aliphatic heterocycles. The molecule has 0 saturated carbocycles. The maximum atomic E-state index is 12.1. The zero-order valence-corrected chi connectivity index (χ0v) is 20.0. The molecule has 0 amide bonds. The van der Waals surface area contributed by atoms with Gasteiger partial charge in [-0.2, -0.15) is 0 Å². The smallest absolute Gasteiger partial charge is 0.311 e. The Balaban J connectivity index is 1.43. The number of fused-ring (bicyclic) bond motifs is 1. The molecular weight excluding hydrogens is 448 g/mol. The van der Waals surface area contributed by atoms with Crippen molar-refractivity contribution < 1.29 is 14.6 Å². The summed E-state index contributed by atoms with van der Waals surface area (Å²) in [5.74, 6) is -0.111. The average molecular weight is 479 g/mol. The molecule has 178 valence electrons. The molecule has 2 aromatic carbocycles. The van der Waals surface area contributed by atoms with Gasteiger partial charge < -0.3 is 20.5 Å². The Labute approximate surface area is 203 Å². The second kappa shape index (κ2) is 10.3. The fourth-order valence-electron chi connectivity index (χ4n) is 4.35. The van der Waals surface area contributed by atoms with Crippen LogP contribution in [0.25, 0.3) is 10.1 Å². The lowest BCUT2D eigenvalue weighted by Gasteiger charge is -2.19. The van der Waals surface area contributed by atoms with Crippen molar-refractivity contribution in [2.45, 2.75) is 44.6 Å². The third kappa shape index (κ3) is 5.39. The molecule has 34 heavy (non-hydrogen) atoms. The Morgan fingerprint density at radius 1 is 1.24 bits per heavy atom. The van der Waals surface area contributed by atoms with Gasteiger partial charge in [0.15, 0.2) is 0 Å². The first-order valence-electron chi connectivity index (χ1n) is 11.5. The predicted molar refractivity (Wildman–Crippen MR) is 137 cm³/mol. The number of ether oxygens (including phenoxy) is 1. The summed E-state index contributed by atoms with van der Waals surface area (Å²) < 4.78 is 7.15. The molecule has 1 aliphatic rings. The van der Waals surface area contributed by atoms with Crippen LogP contribution < -0.4 is 10.5 Å². The Hall–Kier alpha value is -3.39. The van der Waals surface area contributed by atoms with E-state index in [1.807, 2.05) is 48.5 Å². The van der Waals surface area contributed by atoms with E-state index in [9.17, 15) is 9.90 Å². The van der Waals surface area contributed by atoms with Gasteiger partial charge in [0.1, 0.15) is 17.7 Å². The van der Waals surface area contributed by atoms with Gasteiger partial charge in [0, 0.05) is 34.5 Å². The molecule has 1 fully saturated rings. The molecule has 4 rings (SSSR count). The lowest BCUT2D eigenvalue weighted by Crippen LogP contribution is -2.30. The third-order valence-electron chi connectivity index (χ3n) is 6.18. The van der Waals surface area contributed by atoms with Gasteiger partial charge in [-0.05, 0) is 60.2 Å². The lowest BCUT2D eigenvalue weighted by atomic mass is 9.95. The van der Waals surface area contributed by atoms with Crippen LogP contribution in [0.3, 0.4) is 0 Å². The van der Waals surface area contributed by atoms with Crippen molar-refractivity contribution in [1.82, 2.24) is 4.90 Å². The highest BCUT2D eigenvalue weighted by Gasteiger charge is 2.26. The summed E-state index contributed by atoms with van der Waals surface area (Å²) in [5, 5.41) is 26.6. The van der Waals surface area contributed by atoms with Gasteiger partial charge in [-0.15, -0.1) is 11.3 Å². The number of carboxylic acid groups (broad SMARTS) is 1. The number of nitrogens with two attached hydrogens (primary N) is 1. The molecule has 8 heteroatoms. The number of thiophene rings is 1.